The molecule has 0 amide bonds. The average molecular weight is 341 g/mol. The molecule has 1 fully saturated rings. The Labute approximate surface area is 139 Å². The van der Waals surface area contributed by atoms with Crippen LogP contribution in [0.3, 0.4) is 0 Å². The van der Waals surface area contributed by atoms with Crippen molar-refractivity contribution >= 4 is 34.3 Å². The predicted octanol–water partition coefficient (Wildman–Crippen LogP) is 4.93. The fourth-order valence-corrected chi connectivity index (χ4v) is 4.35. The molecule has 0 spiro atoms. The van der Waals surface area contributed by atoms with Gasteiger partial charge in [0.25, 0.3) is 0 Å². The van der Waals surface area contributed by atoms with Gasteiger partial charge in [0.15, 0.2) is 0 Å². The van der Waals surface area contributed by atoms with E-state index in [1.165, 1.54) is 42.1 Å². The number of rotatable bonds is 9. The quantitative estimate of drug-likeness (QED) is 0.475. The van der Waals surface area contributed by atoms with E-state index in [-0.39, 0.29) is 0 Å². The van der Waals surface area contributed by atoms with Gasteiger partial charge in [-0.3, -0.25) is 4.90 Å². The zero-order chi connectivity index (χ0) is 14.5. The summed E-state index contributed by atoms with van der Waals surface area (Å²) in [4.78, 5) is 8.69. The Morgan fingerprint density at radius 1 is 1.29 bits per heavy atom. The van der Waals surface area contributed by atoms with Crippen molar-refractivity contribution in [3.8, 4) is 0 Å². The molecule has 1 aliphatic rings. The Balaban J connectivity index is 1.40. The van der Waals surface area contributed by atoms with Crippen LogP contribution in [-0.2, 0) is 18.8 Å². The molecular weight excluding hydrogens is 320 g/mol. The molecule has 5 heteroatoms. The van der Waals surface area contributed by atoms with Crippen LogP contribution in [0.1, 0.15) is 41.3 Å². The molecule has 0 N–H and O–H groups in total. The highest BCUT2D eigenvalue weighted by molar-refractivity contribution is 7.10. The summed E-state index contributed by atoms with van der Waals surface area (Å²) in [5.74, 6) is 0.534. The van der Waals surface area contributed by atoms with Crippen LogP contribution in [0.2, 0.25) is 0 Å². The first-order chi connectivity index (χ1) is 10.3. The normalized spacial score (nSPS) is 15.0. The van der Waals surface area contributed by atoms with Gasteiger partial charge in [0.2, 0.25) is 0 Å². The van der Waals surface area contributed by atoms with E-state index in [4.69, 9.17) is 11.6 Å². The number of alkyl halides is 1. The van der Waals surface area contributed by atoms with Gasteiger partial charge in [-0.2, -0.15) is 0 Å². The zero-order valence-corrected chi connectivity index (χ0v) is 14.5. The minimum absolute atomic E-state index is 0.534. The van der Waals surface area contributed by atoms with Crippen LogP contribution in [0.5, 0.6) is 0 Å². The van der Waals surface area contributed by atoms with Gasteiger partial charge in [0.1, 0.15) is 0 Å². The molecule has 0 aliphatic heterocycles. The van der Waals surface area contributed by atoms with E-state index in [2.05, 4.69) is 32.8 Å². The maximum atomic E-state index is 5.79. The number of aryl methyl sites for hydroxylation is 1. The highest BCUT2D eigenvalue weighted by Crippen LogP contribution is 2.29. The molecule has 2 heterocycles. The molecule has 21 heavy (non-hydrogen) atoms. The van der Waals surface area contributed by atoms with Crippen molar-refractivity contribution in [1.29, 1.82) is 0 Å². The Morgan fingerprint density at radius 3 is 2.86 bits per heavy atom. The number of thiophene rings is 1. The van der Waals surface area contributed by atoms with Crippen molar-refractivity contribution < 1.29 is 0 Å². The van der Waals surface area contributed by atoms with Crippen molar-refractivity contribution in [3.05, 3.63) is 38.5 Å². The molecule has 0 atom stereocenters. The van der Waals surface area contributed by atoms with E-state index >= 15 is 0 Å². The van der Waals surface area contributed by atoms with Crippen molar-refractivity contribution in [2.45, 2.75) is 50.6 Å². The third kappa shape index (κ3) is 4.78. The SMILES string of the molecule is ClCc1csc(CCCCN(Cc2cccs2)C2CC2)n1. The summed E-state index contributed by atoms with van der Waals surface area (Å²) >= 11 is 9.41. The number of halogens is 1. The highest BCUT2D eigenvalue weighted by Gasteiger charge is 2.28. The van der Waals surface area contributed by atoms with Crippen LogP contribution in [0.15, 0.2) is 22.9 Å². The van der Waals surface area contributed by atoms with E-state index in [1.54, 1.807) is 11.3 Å². The van der Waals surface area contributed by atoms with Crippen molar-refractivity contribution in [2.75, 3.05) is 6.54 Å². The second-order valence-electron chi connectivity index (χ2n) is 5.60. The molecule has 0 aromatic carbocycles. The number of unbranched alkanes of at least 4 members (excludes halogenated alkanes) is 1. The average Bonchev–Trinajstić information content (AvgIpc) is 3.03. The van der Waals surface area contributed by atoms with E-state index < -0.39 is 0 Å². The molecule has 1 aliphatic carbocycles. The van der Waals surface area contributed by atoms with Gasteiger partial charge >= 0.3 is 0 Å². The molecule has 0 saturated heterocycles. The monoisotopic (exact) mass is 340 g/mol. The maximum Gasteiger partial charge on any atom is 0.0928 e. The smallest absolute Gasteiger partial charge is 0.0928 e. The predicted molar refractivity (Wildman–Crippen MR) is 92.4 cm³/mol. The van der Waals surface area contributed by atoms with Gasteiger partial charge in [-0.1, -0.05) is 6.07 Å². The number of nitrogens with zero attached hydrogens (tertiary/aromatic N) is 2. The number of thiazole rings is 1. The minimum atomic E-state index is 0.534. The van der Waals surface area contributed by atoms with Crippen LogP contribution in [0.4, 0.5) is 0 Å². The third-order valence-electron chi connectivity index (χ3n) is 3.82. The molecule has 0 unspecified atom stereocenters. The Hall–Kier alpha value is -0.420. The fourth-order valence-electron chi connectivity index (χ4n) is 2.55. The van der Waals surface area contributed by atoms with Crippen LogP contribution in [0, 0.1) is 0 Å². The van der Waals surface area contributed by atoms with Crippen LogP contribution in [0.25, 0.3) is 0 Å². The molecule has 2 aromatic rings. The van der Waals surface area contributed by atoms with Gasteiger partial charge < -0.3 is 0 Å². The van der Waals surface area contributed by atoms with Gasteiger partial charge in [0.05, 0.1) is 16.6 Å². The summed E-state index contributed by atoms with van der Waals surface area (Å²) in [6.45, 7) is 2.35. The van der Waals surface area contributed by atoms with Gasteiger partial charge in [-0.25, -0.2) is 4.98 Å². The largest absolute Gasteiger partial charge is 0.295 e. The summed E-state index contributed by atoms with van der Waals surface area (Å²) < 4.78 is 0. The molecule has 0 radical (unpaired) electrons. The summed E-state index contributed by atoms with van der Waals surface area (Å²) in [5.41, 5.74) is 1.02. The Kier molecular flexibility index (Phi) is 5.69. The standard InChI is InChI=1S/C16H21ClN2S2/c17-10-13-12-21-16(18-13)5-1-2-8-19(14-6-7-14)11-15-4-3-9-20-15/h3-4,9,12,14H,1-2,5-8,10-11H2. The lowest BCUT2D eigenvalue weighted by Gasteiger charge is -2.21. The lowest BCUT2D eigenvalue weighted by atomic mass is 10.2. The van der Waals surface area contributed by atoms with Crippen molar-refractivity contribution in [1.82, 2.24) is 9.88 Å². The zero-order valence-electron chi connectivity index (χ0n) is 12.1. The molecule has 1 saturated carbocycles. The van der Waals surface area contributed by atoms with E-state index in [9.17, 15) is 0 Å². The fraction of sp³-hybridized carbons (Fsp3) is 0.562. The van der Waals surface area contributed by atoms with Crippen molar-refractivity contribution in [2.24, 2.45) is 0 Å². The minimum Gasteiger partial charge on any atom is -0.295 e. The maximum absolute atomic E-state index is 5.79. The van der Waals surface area contributed by atoms with Crippen LogP contribution < -0.4 is 0 Å². The van der Waals surface area contributed by atoms with Gasteiger partial charge in [-0.15, -0.1) is 34.3 Å². The van der Waals surface area contributed by atoms with E-state index in [0.29, 0.717) is 5.88 Å². The lowest BCUT2D eigenvalue weighted by Crippen LogP contribution is -2.26. The van der Waals surface area contributed by atoms with Gasteiger partial charge in [0, 0.05) is 22.8 Å². The summed E-state index contributed by atoms with van der Waals surface area (Å²) in [7, 11) is 0. The second kappa shape index (κ2) is 7.73. The summed E-state index contributed by atoms with van der Waals surface area (Å²) in [5, 5.41) is 5.49. The molecule has 2 nitrogen and oxygen atoms in total. The first kappa shape index (κ1) is 15.5. The first-order valence-electron chi connectivity index (χ1n) is 7.61. The van der Waals surface area contributed by atoms with Crippen LogP contribution in [-0.4, -0.2) is 22.5 Å². The second-order valence-corrected chi connectivity index (χ2v) is 7.85. The number of hydrogen-bond donors (Lipinski definition) is 0. The molecule has 3 rings (SSSR count). The van der Waals surface area contributed by atoms with Gasteiger partial charge in [-0.05, 0) is 50.1 Å². The number of aromatic nitrogens is 1. The lowest BCUT2D eigenvalue weighted by molar-refractivity contribution is 0.251. The molecule has 0 bridgehead atoms. The topological polar surface area (TPSA) is 16.1 Å². The summed E-state index contributed by atoms with van der Waals surface area (Å²) in [6.07, 6.45) is 6.35. The Morgan fingerprint density at radius 2 is 2.19 bits per heavy atom. The third-order valence-corrected chi connectivity index (χ3v) is 5.92. The highest BCUT2D eigenvalue weighted by atomic mass is 35.5. The first-order valence-corrected chi connectivity index (χ1v) is 9.90. The Bertz CT molecular complexity index is 534. The molecular formula is C16H21ClN2S2. The molecule has 2 aromatic heterocycles. The number of hydrogen-bond acceptors (Lipinski definition) is 4. The van der Waals surface area contributed by atoms with Crippen molar-refractivity contribution in [3.63, 3.8) is 0 Å². The van der Waals surface area contributed by atoms with E-state index in [1.807, 2.05) is 11.3 Å². The van der Waals surface area contributed by atoms with Crippen LogP contribution >= 0.6 is 34.3 Å². The molecule has 114 valence electrons. The summed E-state index contributed by atoms with van der Waals surface area (Å²) in [6, 6.07) is 5.25. The van der Waals surface area contributed by atoms with E-state index in [0.717, 1.165) is 24.7 Å².